The summed E-state index contributed by atoms with van der Waals surface area (Å²) in [6.45, 7) is 2.53. The maximum atomic E-state index is 12.3. The summed E-state index contributed by atoms with van der Waals surface area (Å²) in [7, 11) is 3.22. The number of aryl methyl sites for hydroxylation is 1. The summed E-state index contributed by atoms with van der Waals surface area (Å²) in [5.41, 5.74) is 1.16. The highest BCUT2D eigenvalue weighted by Gasteiger charge is 2.18. The Hall–Kier alpha value is -2.83. The van der Waals surface area contributed by atoms with E-state index in [4.69, 9.17) is 4.74 Å². The lowest BCUT2D eigenvalue weighted by atomic mass is 10.2. The first-order chi connectivity index (χ1) is 11.1. The lowest BCUT2D eigenvalue weighted by Gasteiger charge is -2.08. The van der Waals surface area contributed by atoms with Gasteiger partial charge in [-0.1, -0.05) is 6.92 Å². The van der Waals surface area contributed by atoms with Gasteiger partial charge in [-0.15, -0.1) is 0 Å². The molecule has 1 aromatic carbocycles. The number of benzene rings is 1. The molecule has 0 aliphatic carbocycles. The summed E-state index contributed by atoms with van der Waals surface area (Å²) in [5.74, 6) is 0.0876. The highest BCUT2D eigenvalue weighted by molar-refractivity contribution is 6.08. The summed E-state index contributed by atoms with van der Waals surface area (Å²) in [6, 6.07) is 6.71. The van der Waals surface area contributed by atoms with Crippen LogP contribution < -0.4 is 15.4 Å². The first kappa shape index (κ1) is 16.5. The van der Waals surface area contributed by atoms with Crippen LogP contribution in [0.1, 0.15) is 34.2 Å². The summed E-state index contributed by atoms with van der Waals surface area (Å²) in [6.07, 6.45) is 2.29. The van der Waals surface area contributed by atoms with Gasteiger partial charge < -0.3 is 15.4 Å². The van der Waals surface area contributed by atoms with Crippen LogP contribution in [0, 0.1) is 0 Å². The highest BCUT2D eigenvalue weighted by Crippen LogP contribution is 2.17. The number of anilines is 1. The van der Waals surface area contributed by atoms with Crippen molar-refractivity contribution in [2.24, 2.45) is 7.05 Å². The molecule has 0 bridgehead atoms. The lowest BCUT2D eigenvalue weighted by molar-refractivity contribution is 0.0945. The van der Waals surface area contributed by atoms with Crippen LogP contribution in [0.5, 0.6) is 5.75 Å². The zero-order valence-corrected chi connectivity index (χ0v) is 13.4. The van der Waals surface area contributed by atoms with Gasteiger partial charge in [0.1, 0.15) is 11.4 Å². The molecule has 1 heterocycles. The number of nitrogens with zero attached hydrogens (tertiary/aromatic N) is 2. The molecule has 0 saturated carbocycles. The molecule has 122 valence electrons. The second-order valence-corrected chi connectivity index (χ2v) is 4.97. The molecule has 2 aromatic rings. The number of hydrogen-bond acceptors (Lipinski definition) is 4. The second kappa shape index (κ2) is 7.44. The molecule has 2 rings (SSSR count). The van der Waals surface area contributed by atoms with Crippen LogP contribution in [-0.2, 0) is 7.05 Å². The van der Waals surface area contributed by atoms with Gasteiger partial charge in [-0.05, 0) is 30.7 Å². The van der Waals surface area contributed by atoms with Gasteiger partial charge in [-0.2, -0.15) is 5.10 Å². The van der Waals surface area contributed by atoms with E-state index in [-0.39, 0.29) is 11.8 Å². The number of methoxy groups -OCH3 is 1. The Labute approximate surface area is 134 Å². The highest BCUT2D eigenvalue weighted by atomic mass is 16.5. The van der Waals surface area contributed by atoms with Crippen LogP contribution in [0.4, 0.5) is 5.69 Å². The second-order valence-electron chi connectivity index (χ2n) is 4.97. The van der Waals surface area contributed by atoms with Gasteiger partial charge >= 0.3 is 0 Å². The van der Waals surface area contributed by atoms with Crippen LogP contribution in [0.3, 0.4) is 0 Å². The van der Waals surface area contributed by atoms with Gasteiger partial charge in [0.05, 0.1) is 19.0 Å². The van der Waals surface area contributed by atoms with Crippen LogP contribution in [0.25, 0.3) is 0 Å². The van der Waals surface area contributed by atoms with Crippen LogP contribution >= 0.6 is 0 Å². The summed E-state index contributed by atoms with van der Waals surface area (Å²) in [5, 5.41) is 9.54. The molecule has 7 heteroatoms. The normalized spacial score (nSPS) is 10.2. The zero-order chi connectivity index (χ0) is 16.8. The molecule has 0 aliphatic rings. The fourth-order valence-electron chi connectivity index (χ4n) is 2.06. The molecule has 0 radical (unpaired) electrons. The molecule has 0 aliphatic heterocycles. The average Bonchev–Trinajstić information content (AvgIpc) is 2.93. The van der Waals surface area contributed by atoms with Gasteiger partial charge in [0.2, 0.25) is 0 Å². The molecule has 7 nitrogen and oxygen atoms in total. The Balaban J connectivity index is 2.16. The smallest absolute Gasteiger partial charge is 0.271 e. The number of nitrogens with one attached hydrogen (secondary N) is 2. The Morgan fingerprint density at radius 1 is 1.22 bits per heavy atom. The number of rotatable bonds is 6. The van der Waals surface area contributed by atoms with E-state index in [0.29, 0.717) is 29.2 Å². The number of amides is 2. The maximum Gasteiger partial charge on any atom is 0.271 e. The first-order valence-electron chi connectivity index (χ1n) is 7.32. The van der Waals surface area contributed by atoms with Gasteiger partial charge in [0.15, 0.2) is 0 Å². The minimum Gasteiger partial charge on any atom is -0.497 e. The van der Waals surface area contributed by atoms with E-state index in [1.54, 1.807) is 38.4 Å². The van der Waals surface area contributed by atoms with Crippen molar-refractivity contribution in [1.29, 1.82) is 0 Å². The molecule has 2 N–H and O–H groups in total. The number of aromatic nitrogens is 2. The lowest BCUT2D eigenvalue weighted by Crippen LogP contribution is -2.27. The minimum atomic E-state index is -0.315. The van der Waals surface area contributed by atoms with Crippen molar-refractivity contribution >= 4 is 17.5 Å². The van der Waals surface area contributed by atoms with Crippen molar-refractivity contribution in [3.05, 3.63) is 41.7 Å². The van der Waals surface area contributed by atoms with E-state index in [2.05, 4.69) is 15.7 Å². The van der Waals surface area contributed by atoms with Crippen molar-refractivity contribution in [1.82, 2.24) is 15.1 Å². The van der Waals surface area contributed by atoms with E-state index >= 15 is 0 Å². The molecule has 0 atom stereocenters. The van der Waals surface area contributed by atoms with Crippen LogP contribution in [0.2, 0.25) is 0 Å². The molecular weight excluding hydrogens is 296 g/mol. The van der Waals surface area contributed by atoms with E-state index < -0.39 is 0 Å². The molecule has 0 saturated heterocycles. The molecule has 0 spiro atoms. The Morgan fingerprint density at radius 3 is 2.52 bits per heavy atom. The van der Waals surface area contributed by atoms with Gasteiger partial charge in [0, 0.05) is 19.2 Å². The zero-order valence-electron chi connectivity index (χ0n) is 13.4. The maximum absolute atomic E-state index is 12.3. The quantitative estimate of drug-likeness (QED) is 0.851. The topological polar surface area (TPSA) is 85.2 Å². The number of hydrogen-bond donors (Lipinski definition) is 2. The third-order valence-corrected chi connectivity index (χ3v) is 3.29. The van der Waals surface area contributed by atoms with Crippen molar-refractivity contribution < 1.29 is 14.3 Å². The standard InChI is InChI=1S/C16H20N4O3/c1-4-9-17-16(22)14-13(10-18-20(14)2)19-15(21)11-5-7-12(23-3)8-6-11/h5-8,10H,4,9H2,1-3H3,(H,17,22)(H,19,21). The SMILES string of the molecule is CCCNC(=O)c1c(NC(=O)c2ccc(OC)cc2)cnn1C. The van der Waals surface area contributed by atoms with E-state index in [9.17, 15) is 9.59 Å². The van der Waals surface area contributed by atoms with E-state index in [0.717, 1.165) is 6.42 Å². The first-order valence-corrected chi connectivity index (χ1v) is 7.32. The summed E-state index contributed by atoms with van der Waals surface area (Å²) < 4.78 is 6.50. The van der Waals surface area contributed by atoms with Crippen LogP contribution in [0.15, 0.2) is 30.5 Å². The Bertz CT molecular complexity index is 692. The van der Waals surface area contributed by atoms with Crippen LogP contribution in [-0.4, -0.2) is 35.2 Å². The number of carbonyl (C=O) groups excluding carboxylic acids is 2. The molecule has 23 heavy (non-hydrogen) atoms. The number of carbonyl (C=O) groups is 2. The largest absolute Gasteiger partial charge is 0.497 e. The van der Waals surface area contributed by atoms with Crippen molar-refractivity contribution in [2.75, 3.05) is 19.0 Å². The summed E-state index contributed by atoms with van der Waals surface area (Å²) >= 11 is 0. The molecule has 2 amide bonds. The van der Waals surface area contributed by atoms with E-state index in [1.807, 2.05) is 6.92 Å². The monoisotopic (exact) mass is 316 g/mol. The van der Waals surface area contributed by atoms with Gasteiger partial charge in [-0.25, -0.2) is 0 Å². The minimum absolute atomic E-state index is 0.267. The third-order valence-electron chi connectivity index (χ3n) is 3.29. The van der Waals surface area contributed by atoms with Gasteiger partial charge in [0.25, 0.3) is 11.8 Å². The van der Waals surface area contributed by atoms with Gasteiger partial charge in [-0.3, -0.25) is 14.3 Å². The Morgan fingerprint density at radius 2 is 1.91 bits per heavy atom. The van der Waals surface area contributed by atoms with E-state index in [1.165, 1.54) is 10.9 Å². The molecule has 1 aromatic heterocycles. The molecular formula is C16H20N4O3. The third kappa shape index (κ3) is 3.88. The molecule has 0 fully saturated rings. The van der Waals surface area contributed by atoms with Crippen molar-refractivity contribution in [2.45, 2.75) is 13.3 Å². The summed E-state index contributed by atoms with van der Waals surface area (Å²) in [4.78, 5) is 24.5. The predicted octanol–water partition coefficient (Wildman–Crippen LogP) is 1.82. The number of ether oxygens (including phenoxy) is 1. The predicted molar refractivity (Wildman–Crippen MR) is 86.8 cm³/mol. The van der Waals surface area contributed by atoms with Crippen molar-refractivity contribution in [3.63, 3.8) is 0 Å². The molecule has 0 unspecified atom stereocenters. The van der Waals surface area contributed by atoms with Crippen molar-refractivity contribution in [3.8, 4) is 5.75 Å². The fraction of sp³-hybridized carbons (Fsp3) is 0.312. The average molecular weight is 316 g/mol. The Kier molecular flexibility index (Phi) is 5.35. The fourth-order valence-corrected chi connectivity index (χ4v) is 2.06.